The van der Waals surface area contributed by atoms with Crippen molar-refractivity contribution in [3.05, 3.63) is 41.5 Å². The first-order valence-corrected chi connectivity index (χ1v) is 5.05. The van der Waals surface area contributed by atoms with Crippen LogP contribution in [-0.2, 0) is 5.41 Å². The molecule has 1 nitrogen and oxygen atoms in total. The summed E-state index contributed by atoms with van der Waals surface area (Å²) >= 11 is 0. The molecule has 1 aromatic rings. The van der Waals surface area contributed by atoms with E-state index in [0.717, 1.165) is 0 Å². The molecule has 1 unspecified atom stereocenters. The van der Waals surface area contributed by atoms with E-state index in [-0.39, 0.29) is 17.9 Å². The van der Waals surface area contributed by atoms with E-state index in [1.54, 1.807) is 0 Å². The van der Waals surface area contributed by atoms with E-state index in [1.807, 2.05) is 0 Å². The quantitative estimate of drug-likeness (QED) is 0.718. The third-order valence-corrected chi connectivity index (χ3v) is 3.29. The second-order valence-electron chi connectivity index (χ2n) is 4.46. The monoisotopic (exact) mass is 188 g/mol. The summed E-state index contributed by atoms with van der Waals surface area (Å²) in [6, 6.07) is 8.40. The Hall–Kier alpha value is -1.08. The minimum Gasteiger partial charge on any atom is -0.396 e. The number of benzene rings is 1. The summed E-state index contributed by atoms with van der Waals surface area (Å²) in [4.78, 5) is 0. The van der Waals surface area contributed by atoms with Gasteiger partial charge < -0.3 is 5.11 Å². The van der Waals surface area contributed by atoms with Crippen LogP contribution in [0.4, 0.5) is 0 Å². The molecule has 1 atom stereocenters. The van der Waals surface area contributed by atoms with Crippen LogP contribution in [0.1, 0.15) is 25.0 Å². The van der Waals surface area contributed by atoms with Gasteiger partial charge in [0, 0.05) is 5.92 Å². The smallest absolute Gasteiger partial charge is 0.0502 e. The van der Waals surface area contributed by atoms with E-state index in [0.29, 0.717) is 0 Å². The van der Waals surface area contributed by atoms with Crippen LogP contribution in [-0.4, -0.2) is 11.7 Å². The van der Waals surface area contributed by atoms with Crippen LogP contribution in [0.25, 0.3) is 6.08 Å². The van der Waals surface area contributed by atoms with Crippen molar-refractivity contribution in [1.82, 2.24) is 0 Å². The van der Waals surface area contributed by atoms with Crippen LogP contribution >= 0.6 is 0 Å². The third kappa shape index (κ3) is 1.28. The van der Waals surface area contributed by atoms with E-state index in [1.165, 1.54) is 11.1 Å². The average Bonchev–Trinajstić information content (AvgIpc) is 2.18. The molecule has 14 heavy (non-hydrogen) atoms. The van der Waals surface area contributed by atoms with Crippen LogP contribution < -0.4 is 0 Å². The zero-order valence-corrected chi connectivity index (χ0v) is 8.70. The normalized spacial score (nSPS) is 23.2. The van der Waals surface area contributed by atoms with E-state index in [9.17, 15) is 5.11 Å². The maximum Gasteiger partial charge on any atom is 0.0502 e. The molecule has 0 radical (unpaired) electrons. The first kappa shape index (κ1) is 9.47. The number of rotatable bonds is 1. The van der Waals surface area contributed by atoms with Gasteiger partial charge in [-0.25, -0.2) is 0 Å². The number of hydrogen-bond acceptors (Lipinski definition) is 1. The van der Waals surface area contributed by atoms with Gasteiger partial charge in [-0.2, -0.15) is 0 Å². The number of fused-ring (bicyclic) bond motifs is 1. The standard InChI is InChI=1S/C13H16O/c1-13(2)11(9-14)8-7-10-5-3-4-6-12(10)13/h3-8,11,14H,9H2,1-2H3. The lowest BCUT2D eigenvalue weighted by atomic mass is 9.69. The van der Waals surface area contributed by atoms with Gasteiger partial charge in [0.2, 0.25) is 0 Å². The summed E-state index contributed by atoms with van der Waals surface area (Å²) < 4.78 is 0. The molecule has 0 amide bonds. The zero-order chi connectivity index (χ0) is 10.2. The van der Waals surface area contributed by atoms with E-state index in [4.69, 9.17) is 0 Å². The Morgan fingerprint density at radius 3 is 2.71 bits per heavy atom. The Morgan fingerprint density at radius 1 is 1.29 bits per heavy atom. The highest BCUT2D eigenvalue weighted by molar-refractivity contribution is 5.59. The molecule has 1 aliphatic rings. The van der Waals surface area contributed by atoms with Gasteiger partial charge in [-0.05, 0) is 16.5 Å². The van der Waals surface area contributed by atoms with Crippen LogP contribution in [0, 0.1) is 5.92 Å². The predicted octanol–water partition coefficient (Wildman–Crippen LogP) is 2.60. The molecule has 0 fully saturated rings. The lowest BCUT2D eigenvalue weighted by Crippen LogP contribution is -2.32. The fraction of sp³-hybridized carbons (Fsp3) is 0.385. The molecule has 0 saturated carbocycles. The minimum atomic E-state index is 0.0418. The molecule has 2 rings (SSSR count). The van der Waals surface area contributed by atoms with Crippen molar-refractivity contribution in [1.29, 1.82) is 0 Å². The maximum absolute atomic E-state index is 9.30. The van der Waals surface area contributed by atoms with E-state index in [2.05, 4.69) is 50.3 Å². The average molecular weight is 188 g/mol. The molecule has 0 aromatic heterocycles. The fourth-order valence-corrected chi connectivity index (χ4v) is 2.18. The highest BCUT2D eigenvalue weighted by Crippen LogP contribution is 2.38. The maximum atomic E-state index is 9.30. The van der Waals surface area contributed by atoms with Gasteiger partial charge in [0.1, 0.15) is 0 Å². The Balaban J connectivity index is 2.54. The van der Waals surface area contributed by atoms with Crippen LogP contribution in [0.2, 0.25) is 0 Å². The summed E-state index contributed by atoms with van der Waals surface area (Å²) in [6.07, 6.45) is 4.23. The van der Waals surface area contributed by atoms with Gasteiger partial charge in [0.15, 0.2) is 0 Å². The molecule has 74 valence electrons. The lowest BCUT2D eigenvalue weighted by Gasteiger charge is -2.36. The van der Waals surface area contributed by atoms with Crippen molar-refractivity contribution in [3.63, 3.8) is 0 Å². The molecule has 0 aliphatic heterocycles. The summed E-state index contributed by atoms with van der Waals surface area (Å²) in [5.41, 5.74) is 2.66. The largest absolute Gasteiger partial charge is 0.396 e. The molecule has 1 heteroatoms. The fourth-order valence-electron chi connectivity index (χ4n) is 2.18. The number of hydrogen-bond donors (Lipinski definition) is 1. The molecular weight excluding hydrogens is 172 g/mol. The van der Waals surface area contributed by atoms with E-state index >= 15 is 0 Å². The zero-order valence-electron chi connectivity index (χ0n) is 8.70. The van der Waals surface area contributed by atoms with Crippen molar-refractivity contribution in [2.45, 2.75) is 19.3 Å². The van der Waals surface area contributed by atoms with Gasteiger partial charge in [-0.1, -0.05) is 50.3 Å². The molecular formula is C13H16O. The van der Waals surface area contributed by atoms with Crippen molar-refractivity contribution in [2.24, 2.45) is 5.92 Å². The van der Waals surface area contributed by atoms with Gasteiger partial charge >= 0.3 is 0 Å². The van der Waals surface area contributed by atoms with Gasteiger partial charge in [0.05, 0.1) is 6.61 Å². The molecule has 0 saturated heterocycles. The van der Waals surface area contributed by atoms with Crippen molar-refractivity contribution in [3.8, 4) is 0 Å². The summed E-state index contributed by atoms with van der Waals surface area (Å²) in [5, 5.41) is 9.30. The first-order chi connectivity index (χ1) is 6.66. The second-order valence-corrected chi connectivity index (χ2v) is 4.46. The number of aliphatic hydroxyl groups excluding tert-OH is 1. The molecule has 1 N–H and O–H groups in total. The number of aliphatic hydroxyl groups is 1. The predicted molar refractivity (Wildman–Crippen MR) is 59.1 cm³/mol. The Bertz CT molecular complexity index is 363. The van der Waals surface area contributed by atoms with Gasteiger partial charge in [-0.15, -0.1) is 0 Å². The first-order valence-electron chi connectivity index (χ1n) is 5.05. The highest BCUT2D eigenvalue weighted by atomic mass is 16.3. The molecule has 1 aliphatic carbocycles. The lowest BCUT2D eigenvalue weighted by molar-refractivity contribution is 0.200. The van der Waals surface area contributed by atoms with Gasteiger partial charge in [0.25, 0.3) is 0 Å². The summed E-state index contributed by atoms with van der Waals surface area (Å²) in [6.45, 7) is 4.60. The van der Waals surface area contributed by atoms with Crippen molar-refractivity contribution < 1.29 is 5.11 Å². The van der Waals surface area contributed by atoms with Gasteiger partial charge in [-0.3, -0.25) is 0 Å². The topological polar surface area (TPSA) is 20.2 Å². The van der Waals surface area contributed by atoms with Crippen LogP contribution in [0.5, 0.6) is 0 Å². The SMILES string of the molecule is CC1(C)c2ccccc2C=CC1CO. The van der Waals surface area contributed by atoms with Crippen LogP contribution in [0.15, 0.2) is 30.3 Å². The molecule has 0 bridgehead atoms. The van der Waals surface area contributed by atoms with Crippen LogP contribution in [0.3, 0.4) is 0 Å². The molecule has 0 spiro atoms. The van der Waals surface area contributed by atoms with E-state index < -0.39 is 0 Å². The minimum absolute atomic E-state index is 0.0418. The second kappa shape index (κ2) is 3.25. The Morgan fingerprint density at radius 2 is 2.00 bits per heavy atom. The summed E-state index contributed by atoms with van der Waals surface area (Å²) in [7, 11) is 0. The third-order valence-electron chi connectivity index (χ3n) is 3.29. The highest BCUT2D eigenvalue weighted by Gasteiger charge is 2.32. The van der Waals surface area contributed by atoms with Crippen molar-refractivity contribution in [2.75, 3.05) is 6.61 Å². The molecule has 1 aromatic carbocycles. The Kier molecular flexibility index (Phi) is 2.20. The molecule has 0 heterocycles. The summed E-state index contributed by atoms with van der Waals surface area (Å²) in [5.74, 6) is 0.234. The Labute approximate surface area is 85.1 Å². The van der Waals surface area contributed by atoms with Crippen molar-refractivity contribution >= 4 is 6.08 Å².